The molecule has 0 saturated heterocycles. The number of carbonyl (C=O) groups excluding carboxylic acids is 2. The Labute approximate surface area is 242 Å². The Morgan fingerprint density at radius 1 is 0.900 bits per heavy atom. The van der Waals surface area contributed by atoms with Crippen molar-refractivity contribution in [3.05, 3.63) is 95.5 Å². The molecule has 7 nitrogen and oxygen atoms in total. The summed E-state index contributed by atoms with van der Waals surface area (Å²) in [6, 6.07) is 23.1. The lowest BCUT2D eigenvalue weighted by atomic mass is 9.95. The third kappa shape index (κ3) is 7.43. The van der Waals surface area contributed by atoms with Gasteiger partial charge in [0.25, 0.3) is 10.0 Å². The summed E-state index contributed by atoms with van der Waals surface area (Å²) in [6.07, 6.45) is 5.55. The fourth-order valence-electron chi connectivity index (χ4n) is 5.10. The van der Waals surface area contributed by atoms with E-state index in [0.29, 0.717) is 17.1 Å². The Bertz CT molecular complexity index is 1360. The van der Waals surface area contributed by atoms with E-state index in [0.717, 1.165) is 35.6 Å². The molecule has 2 amide bonds. The number of benzene rings is 3. The number of amides is 2. The van der Waals surface area contributed by atoms with Crippen LogP contribution in [0.15, 0.2) is 89.8 Å². The molecule has 1 N–H and O–H groups in total. The summed E-state index contributed by atoms with van der Waals surface area (Å²) in [5, 5.41) is 3.61. The normalized spacial score (nSPS) is 14.8. The van der Waals surface area contributed by atoms with E-state index in [4.69, 9.17) is 11.6 Å². The second-order valence-electron chi connectivity index (χ2n) is 10.1. The number of nitrogens with one attached hydrogen (secondary N) is 1. The van der Waals surface area contributed by atoms with Crippen LogP contribution in [0.1, 0.15) is 51.0 Å². The fourth-order valence-corrected chi connectivity index (χ4v) is 6.66. The van der Waals surface area contributed by atoms with Crippen LogP contribution in [-0.2, 0) is 26.2 Å². The van der Waals surface area contributed by atoms with Crippen molar-refractivity contribution in [1.29, 1.82) is 0 Å². The van der Waals surface area contributed by atoms with Crippen LogP contribution < -0.4 is 9.62 Å². The summed E-state index contributed by atoms with van der Waals surface area (Å²) >= 11 is 6.08. The molecule has 1 aliphatic rings. The maximum absolute atomic E-state index is 14.1. The average molecular weight is 582 g/mol. The lowest BCUT2D eigenvalue weighted by molar-refractivity contribution is -0.140. The monoisotopic (exact) mass is 581 g/mol. The van der Waals surface area contributed by atoms with Crippen molar-refractivity contribution in [3.8, 4) is 0 Å². The van der Waals surface area contributed by atoms with Gasteiger partial charge in [-0.1, -0.05) is 86.3 Å². The first-order valence-corrected chi connectivity index (χ1v) is 15.6. The highest BCUT2D eigenvalue weighted by atomic mass is 35.5. The van der Waals surface area contributed by atoms with Gasteiger partial charge in [-0.2, -0.15) is 0 Å². The second-order valence-corrected chi connectivity index (χ2v) is 12.4. The summed E-state index contributed by atoms with van der Waals surface area (Å²) in [5.41, 5.74) is 1.16. The van der Waals surface area contributed by atoms with Crippen LogP contribution in [0.2, 0.25) is 5.02 Å². The van der Waals surface area contributed by atoms with Gasteiger partial charge in [0.2, 0.25) is 11.8 Å². The van der Waals surface area contributed by atoms with E-state index in [9.17, 15) is 18.0 Å². The van der Waals surface area contributed by atoms with Crippen molar-refractivity contribution in [2.75, 3.05) is 10.8 Å². The van der Waals surface area contributed by atoms with Crippen molar-refractivity contribution in [2.24, 2.45) is 0 Å². The fraction of sp³-hybridized carbons (Fsp3) is 0.355. The van der Waals surface area contributed by atoms with Gasteiger partial charge in [0.05, 0.1) is 10.6 Å². The zero-order valence-electron chi connectivity index (χ0n) is 22.7. The minimum atomic E-state index is -4.10. The van der Waals surface area contributed by atoms with Gasteiger partial charge in [-0.05, 0) is 61.2 Å². The molecule has 0 aliphatic heterocycles. The molecule has 1 fully saturated rings. The molecule has 3 aromatic carbocycles. The molecule has 0 aromatic heterocycles. The van der Waals surface area contributed by atoms with Crippen molar-refractivity contribution in [1.82, 2.24) is 10.2 Å². The van der Waals surface area contributed by atoms with Gasteiger partial charge in [-0.25, -0.2) is 8.42 Å². The Hall–Kier alpha value is -3.36. The average Bonchev–Trinajstić information content (AvgIpc) is 2.97. The lowest BCUT2D eigenvalue weighted by Gasteiger charge is -2.34. The number of sulfonamides is 1. The standard InChI is InChI=1S/C31H36ClN3O4S/c1-2-29(31(37)33-26-14-8-4-9-15-26)34(22-24-12-6-3-7-13-24)30(36)23-35(27-20-18-25(32)19-21-27)40(38,39)28-16-10-5-11-17-28/h3,5-7,10-13,16-21,26,29H,2,4,8-9,14-15,22-23H2,1H3,(H,33,37). The summed E-state index contributed by atoms with van der Waals surface area (Å²) in [6.45, 7) is 1.57. The summed E-state index contributed by atoms with van der Waals surface area (Å²) in [5.74, 6) is -0.674. The summed E-state index contributed by atoms with van der Waals surface area (Å²) < 4.78 is 28.7. The van der Waals surface area contributed by atoms with E-state index < -0.39 is 28.5 Å². The number of halogens is 1. The van der Waals surface area contributed by atoms with E-state index in [1.807, 2.05) is 37.3 Å². The van der Waals surface area contributed by atoms with Gasteiger partial charge in [-0.3, -0.25) is 13.9 Å². The highest BCUT2D eigenvalue weighted by Crippen LogP contribution is 2.26. The first kappa shape index (κ1) is 29.6. The Morgan fingerprint density at radius 3 is 2.10 bits per heavy atom. The van der Waals surface area contributed by atoms with Gasteiger partial charge in [0, 0.05) is 17.6 Å². The van der Waals surface area contributed by atoms with Crippen LogP contribution in [0.3, 0.4) is 0 Å². The number of hydrogen-bond donors (Lipinski definition) is 1. The van der Waals surface area contributed by atoms with Crippen LogP contribution in [-0.4, -0.2) is 43.8 Å². The largest absolute Gasteiger partial charge is 0.352 e. The summed E-state index contributed by atoms with van der Waals surface area (Å²) in [7, 11) is -4.10. The highest BCUT2D eigenvalue weighted by molar-refractivity contribution is 7.92. The van der Waals surface area contributed by atoms with E-state index in [2.05, 4.69) is 5.32 Å². The molecule has 3 aromatic rings. The van der Waals surface area contributed by atoms with Gasteiger partial charge in [0.1, 0.15) is 12.6 Å². The molecule has 1 atom stereocenters. The van der Waals surface area contributed by atoms with Crippen molar-refractivity contribution >= 4 is 39.1 Å². The van der Waals surface area contributed by atoms with Crippen molar-refractivity contribution < 1.29 is 18.0 Å². The Balaban J connectivity index is 1.67. The van der Waals surface area contributed by atoms with Crippen LogP contribution in [0.5, 0.6) is 0 Å². The topological polar surface area (TPSA) is 86.8 Å². The molecule has 1 aliphatic carbocycles. The molecule has 1 saturated carbocycles. The Kier molecular flexibility index (Phi) is 10.2. The number of hydrogen-bond acceptors (Lipinski definition) is 4. The Morgan fingerprint density at radius 2 is 1.50 bits per heavy atom. The van der Waals surface area contributed by atoms with Crippen LogP contribution in [0, 0.1) is 0 Å². The second kappa shape index (κ2) is 13.8. The van der Waals surface area contributed by atoms with Gasteiger partial charge < -0.3 is 10.2 Å². The van der Waals surface area contributed by atoms with Crippen LogP contribution >= 0.6 is 11.6 Å². The quantitative estimate of drug-likeness (QED) is 0.310. The first-order valence-electron chi connectivity index (χ1n) is 13.8. The van der Waals surface area contributed by atoms with Crippen molar-refractivity contribution in [2.45, 2.75) is 69.0 Å². The zero-order valence-corrected chi connectivity index (χ0v) is 24.3. The number of anilines is 1. The maximum atomic E-state index is 14.1. The summed E-state index contributed by atoms with van der Waals surface area (Å²) in [4.78, 5) is 29.2. The molecule has 0 heterocycles. The number of carbonyl (C=O) groups is 2. The van der Waals surface area contributed by atoms with Gasteiger partial charge in [-0.15, -0.1) is 0 Å². The molecule has 0 bridgehead atoms. The zero-order chi connectivity index (χ0) is 28.5. The minimum Gasteiger partial charge on any atom is -0.352 e. The predicted molar refractivity (Wildman–Crippen MR) is 159 cm³/mol. The molecule has 0 spiro atoms. The SMILES string of the molecule is CCC(C(=O)NC1CCCCC1)N(Cc1ccccc1)C(=O)CN(c1ccc(Cl)cc1)S(=O)(=O)c1ccccc1. The molecule has 1 unspecified atom stereocenters. The highest BCUT2D eigenvalue weighted by Gasteiger charge is 2.34. The smallest absolute Gasteiger partial charge is 0.264 e. The van der Waals surface area contributed by atoms with Gasteiger partial charge >= 0.3 is 0 Å². The van der Waals surface area contributed by atoms with E-state index in [-0.39, 0.29) is 23.4 Å². The van der Waals surface area contributed by atoms with Gasteiger partial charge in [0.15, 0.2) is 0 Å². The number of rotatable bonds is 11. The van der Waals surface area contributed by atoms with E-state index >= 15 is 0 Å². The third-order valence-electron chi connectivity index (χ3n) is 7.26. The van der Waals surface area contributed by atoms with E-state index in [1.165, 1.54) is 23.5 Å². The molecule has 40 heavy (non-hydrogen) atoms. The molecular weight excluding hydrogens is 546 g/mol. The van der Waals surface area contributed by atoms with Crippen LogP contribution in [0.25, 0.3) is 0 Å². The molecule has 212 valence electrons. The predicted octanol–water partition coefficient (Wildman–Crippen LogP) is 5.79. The molecule has 0 radical (unpaired) electrons. The lowest BCUT2D eigenvalue weighted by Crippen LogP contribution is -2.54. The molecule has 4 rings (SSSR count). The molecule has 9 heteroatoms. The maximum Gasteiger partial charge on any atom is 0.264 e. The van der Waals surface area contributed by atoms with Crippen molar-refractivity contribution in [3.63, 3.8) is 0 Å². The molecular formula is C31H36ClN3O4S. The third-order valence-corrected chi connectivity index (χ3v) is 9.30. The van der Waals surface area contributed by atoms with E-state index in [1.54, 1.807) is 42.5 Å². The first-order chi connectivity index (χ1) is 19.3. The minimum absolute atomic E-state index is 0.0643. The number of nitrogens with zero attached hydrogens (tertiary/aromatic N) is 2. The van der Waals surface area contributed by atoms with Crippen LogP contribution in [0.4, 0.5) is 5.69 Å².